The molecule has 0 aromatic carbocycles. The van der Waals surface area contributed by atoms with E-state index in [1.807, 2.05) is 4.90 Å². The third-order valence-electron chi connectivity index (χ3n) is 4.51. The first-order valence-electron chi connectivity index (χ1n) is 6.74. The van der Waals surface area contributed by atoms with Crippen molar-refractivity contribution in [2.75, 3.05) is 30.8 Å². The molecule has 3 rings (SSSR count). The standard InChI is InChI=1S/C13H18N4O3/c1-20-11(19)8-7-13(8)2-4-17(5-3-13)9-6-10(18)16-12(14)15-9/h6,8H,2-5,7H2,1H3,(H3,14,15,16,18). The van der Waals surface area contributed by atoms with Gasteiger partial charge in [-0.05, 0) is 24.7 Å². The van der Waals surface area contributed by atoms with Crippen molar-refractivity contribution < 1.29 is 9.53 Å². The van der Waals surface area contributed by atoms with E-state index >= 15 is 0 Å². The van der Waals surface area contributed by atoms with Crippen molar-refractivity contribution in [3.63, 3.8) is 0 Å². The topological polar surface area (TPSA) is 101 Å². The minimum atomic E-state index is -0.244. The summed E-state index contributed by atoms with van der Waals surface area (Å²) in [7, 11) is 1.44. The smallest absolute Gasteiger partial charge is 0.309 e. The molecule has 1 aromatic heterocycles. The normalized spacial score (nSPS) is 23.6. The van der Waals surface area contributed by atoms with Gasteiger partial charge < -0.3 is 15.4 Å². The maximum atomic E-state index is 11.6. The van der Waals surface area contributed by atoms with Gasteiger partial charge in [0.25, 0.3) is 5.56 Å². The van der Waals surface area contributed by atoms with E-state index in [4.69, 9.17) is 10.5 Å². The molecule has 20 heavy (non-hydrogen) atoms. The highest BCUT2D eigenvalue weighted by Crippen LogP contribution is 2.59. The average Bonchev–Trinajstić information content (AvgIpc) is 3.11. The van der Waals surface area contributed by atoms with Gasteiger partial charge in [-0.15, -0.1) is 0 Å². The van der Waals surface area contributed by atoms with Crippen LogP contribution in [0.4, 0.5) is 11.8 Å². The highest BCUT2D eigenvalue weighted by molar-refractivity contribution is 5.77. The van der Waals surface area contributed by atoms with Crippen molar-refractivity contribution >= 4 is 17.7 Å². The fourth-order valence-electron chi connectivity index (χ4n) is 3.18. The predicted molar refractivity (Wildman–Crippen MR) is 73.3 cm³/mol. The number of nitrogens with two attached hydrogens (primary N) is 1. The molecule has 1 atom stereocenters. The lowest BCUT2D eigenvalue weighted by atomic mass is 9.91. The first-order chi connectivity index (χ1) is 9.54. The van der Waals surface area contributed by atoms with E-state index in [9.17, 15) is 9.59 Å². The van der Waals surface area contributed by atoms with Gasteiger partial charge in [0.05, 0.1) is 13.0 Å². The van der Waals surface area contributed by atoms with E-state index < -0.39 is 0 Å². The van der Waals surface area contributed by atoms with E-state index in [0.717, 1.165) is 32.4 Å². The number of aromatic nitrogens is 2. The molecule has 1 spiro atoms. The highest BCUT2D eigenvalue weighted by Gasteiger charge is 2.59. The van der Waals surface area contributed by atoms with Crippen LogP contribution in [-0.2, 0) is 9.53 Å². The fraction of sp³-hybridized carbons (Fsp3) is 0.615. The van der Waals surface area contributed by atoms with Crippen LogP contribution in [0.25, 0.3) is 0 Å². The number of esters is 1. The van der Waals surface area contributed by atoms with Crippen molar-refractivity contribution in [1.29, 1.82) is 0 Å². The third kappa shape index (κ3) is 2.13. The second-order valence-corrected chi connectivity index (χ2v) is 5.62. The van der Waals surface area contributed by atoms with E-state index in [-0.39, 0.29) is 28.8 Å². The Balaban J connectivity index is 1.68. The maximum absolute atomic E-state index is 11.6. The Morgan fingerprint density at radius 1 is 1.55 bits per heavy atom. The van der Waals surface area contributed by atoms with Crippen LogP contribution >= 0.6 is 0 Å². The lowest BCUT2D eigenvalue weighted by Gasteiger charge is -2.33. The number of piperidine rings is 1. The number of aromatic amines is 1. The summed E-state index contributed by atoms with van der Waals surface area (Å²) in [5.74, 6) is 0.687. The molecule has 7 heteroatoms. The molecule has 108 valence electrons. The van der Waals surface area contributed by atoms with Crippen molar-refractivity contribution in [2.24, 2.45) is 11.3 Å². The molecule has 3 N–H and O–H groups in total. The molecule has 1 saturated carbocycles. The molecule has 2 aliphatic rings. The average molecular weight is 278 g/mol. The number of H-pyrrole nitrogens is 1. The van der Waals surface area contributed by atoms with Crippen molar-refractivity contribution in [3.8, 4) is 0 Å². The van der Waals surface area contributed by atoms with Crippen LogP contribution in [0.1, 0.15) is 19.3 Å². The maximum Gasteiger partial charge on any atom is 0.309 e. The Morgan fingerprint density at radius 2 is 2.25 bits per heavy atom. The van der Waals surface area contributed by atoms with Gasteiger partial charge >= 0.3 is 5.97 Å². The molecule has 1 aliphatic heterocycles. The molecule has 1 saturated heterocycles. The van der Waals surface area contributed by atoms with Gasteiger partial charge in [-0.1, -0.05) is 0 Å². The SMILES string of the molecule is COC(=O)C1CC12CCN(c1cc(=O)[nH]c(N)n1)CC2. The monoisotopic (exact) mass is 278 g/mol. The Hall–Kier alpha value is -2.05. The number of methoxy groups -OCH3 is 1. The highest BCUT2D eigenvalue weighted by atomic mass is 16.5. The molecule has 0 radical (unpaired) electrons. The number of hydrogen-bond donors (Lipinski definition) is 2. The van der Waals surface area contributed by atoms with Crippen molar-refractivity contribution in [1.82, 2.24) is 9.97 Å². The number of nitrogens with one attached hydrogen (secondary N) is 1. The fourth-order valence-corrected chi connectivity index (χ4v) is 3.18. The van der Waals surface area contributed by atoms with E-state index in [2.05, 4.69) is 9.97 Å². The zero-order chi connectivity index (χ0) is 14.3. The van der Waals surface area contributed by atoms with Gasteiger partial charge in [0, 0.05) is 19.2 Å². The van der Waals surface area contributed by atoms with Gasteiger partial charge in [-0.25, -0.2) is 0 Å². The van der Waals surface area contributed by atoms with Gasteiger partial charge in [0.15, 0.2) is 0 Å². The van der Waals surface area contributed by atoms with Crippen LogP contribution in [0.15, 0.2) is 10.9 Å². The quantitative estimate of drug-likeness (QED) is 0.746. The molecule has 2 heterocycles. The summed E-state index contributed by atoms with van der Waals surface area (Å²) < 4.78 is 4.82. The minimum absolute atomic E-state index is 0.0480. The molecule has 1 aliphatic carbocycles. The summed E-state index contributed by atoms with van der Waals surface area (Å²) in [6.45, 7) is 1.56. The minimum Gasteiger partial charge on any atom is -0.469 e. The molecule has 0 amide bonds. The van der Waals surface area contributed by atoms with Crippen molar-refractivity contribution in [2.45, 2.75) is 19.3 Å². The summed E-state index contributed by atoms with van der Waals surface area (Å²) in [5, 5.41) is 0. The summed E-state index contributed by atoms with van der Waals surface area (Å²) in [4.78, 5) is 31.6. The predicted octanol–water partition coefficient (Wildman–Crippen LogP) is 0.132. The number of carbonyl (C=O) groups is 1. The number of nitrogen functional groups attached to an aromatic ring is 1. The zero-order valence-corrected chi connectivity index (χ0v) is 11.4. The van der Waals surface area contributed by atoms with E-state index in [0.29, 0.717) is 5.82 Å². The van der Waals surface area contributed by atoms with Crippen LogP contribution in [-0.4, -0.2) is 36.1 Å². The number of rotatable bonds is 2. The summed E-state index contributed by atoms with van der Waals surface area (Å²) in [6, 6.07) is 1.46. The summed E-state index contributed by atoms with van der Waals surface area (Å²) >= 11 is 0. The molecule has 0 bridgehead atoms. The number of nitrogens with zero attached hydrogens (tertiary/aromatic N) is 2. The molecular weight excluding hydrogens is 260 g/mol. The molecule has 7 nitrogen and oxygen atoms in total. The van der Waals surface area contributed by atoms with Gasteiger partial charge in [0.1, 0.15) is 5.82 Å². The summed E-state index contributed by atoms with van der Waals surface area (Å²) in [5.41, 5.74) is 5.42. The molecule has 2 fully saturated rings. The van der Waals surface area contributed by atoms with Crippen LogP contribution in [0, 0.1) is 11.3 Å². The van der Waals surface area contributed by atoms with Gasteiger partial charge in [-0.3, -0.25) is 14.6 Å². The number of carbonyl (C=O) groups excluding carboxylic acids is 1. The number of anilines is 2. The second-order valence-electron chi connectivity index (χ2n) is 5.62. The van der Waals surface area contributed by atoms with Crippen LogP contribution in [0.3, 0.4) is 0 Å². The summed E-state index contributed by atoms with van der Waals surface area (Å²) in [6.07, 6.45) is 2.75. The molecule has 1 aromatic rings. The Kier molecular flexibility index (Phi) is 2.92. The molecular formula is C13H18N4O3. The van der Waals surface area contributed by atoms with E-state index in [1.54, 1.807) is 0 Å². The Labute approximate surface area is 116 Å². The largest absolute Gasteiger partial charge is 0.469 e. The van der Waals surface area contributed by atoms with Gasteiger partial charge in [0.2, 0.25) is 5.95 Å². The van der Waals surface area contributed by atoms with Gasteiger partial charge in [-0.2, -0.15) is 4.98 Å². The Morgan fingerprint density at radius 3 is 2.85 bits per heavy atom. The molecule has 1 unspecified atom stereocenters. The Bertz CT molecular complexity index is 590. The van der Waals surface area contributed by atoms with E-state index in [1.165, 1.54) is 13.2 Å². The van der Waals surface area contributed by atoms with Crippen LogP contribution in [0.5, 0.6) is 0 Å². The second kappa shape index (κ2) is 4.50. The third-order valence-corrected chi connectivity index (χ3v) is 4.51. The first-order valence-corrected chi connectivity index (χ1v) is 6.74. The van der Waals surface area contributed by atoms with Crippen LogP contribution in [0.2, 0.25) is 0 Å². The lowest BCUT2D eigenvalue weighted by Crippen LogP contribution is -2.37. The zero-order valence-electron chi connectivity index (χ0n) is 11.4. The number of ether oxygens (including phenoxy) is 1. The first kappa shape index (κ1) is 13.0. The lowest BCUT2D eigenvalue weighted by molar-refractivity contribution is -0.143. The van der Waals surface area contributed by atoms with Crippen LogP contribution < -0.4 is 16.2 Å². The number of hydrogen-bond acceptors (Lipinski definition) is 6. The van der Waals surface area contributed by atoms with Crippen molar-refractivity contribution in [3.05, 3.63) is 16.4 Å².